The molecule has 0 aliphatic rings. The van der Waals surface area contributed by atoms with Crippen molar-refractivity contribution >= 4 is 16.0 Å². The number of ether oxygens (including phenoxy) is 1. The third-order valence-electron chi connectivity index (χ3n) is 3.45. The Hall–Kier alpha value is -2.69. The molecule has 0 aromatic heterocycles. The van der Waals surface area contributed by atoms with Gasteiger partial charge in [0.25, 0.3) is 0 Å². The van der Waals surface area contributed by atoms with Crippen molar-refractivity contribution < 1.29 is 17.9 Å². The molecular weight excluding hydrogens is 340 g/mol. The van der Waals surface area contributed by atoms with E-state index in [-0.39, 0.29) is 11.5 Å². The molecule has 0 saturated carbocycles. The molecule has 0 aliphatic carbocycles. The maximum atomic E-state index is 12.3. The maximum Gasteiger partial charge on any atom is 0.324 e. The third-order valence-corrected chi connectivity index (χ3v) is 5.01. The van der Waals surface area contributed by atoms with Gasteiger partial charge in [0.2, 0.25) is 10.0 Å². The second kappa shape index (κ2) is 7.92. The minimum Gasteiger partial charge on any atom is -0.460 e. The van der Waals surface area contributed by atoms with Crippen molar-refractivity contribution in [3.8, 4) is 6.07 Å². The quantitative estimate of drug-likeness (QED) is 0.799. The van der Waals surface area contributed by atoms with Gasteiger partial charge in [-0.3, -0.25) is 4.79 Å². The van der Waals surface area contributed by atoms with Gasteiger partial charge in [-0.15, -0.1) is 0 Å². The summed E-state index contributed by atoms with van der Waals surface area (Å²) in [6.45, 7) is 3.23. The van der Waals surface area contributed by atoms with Crippen LogP contribution in [0.4, 0.5) is 0 Å². The number of esters is 1. The molecule has 2 aromatic carbocycles. The molecule has 130 valence electrons. The van der Waals surface area contributed by atoms with Crippen LogP contribution in [0.5, 0.6) is 0 Å². The number of aryl methyl sites for hydroxylation is 1. The van der Waals surface area contributed by atoms with Gasteiger partial charge >= 0.3 is 5.97 Å². The zero-order valence-corrected chi connectivity index (χ0v) is 14.7. The van der Waals surface area contributed by atoms with Crippen LogP contribution >= 0.6 is 0 Å². The summed E-state index contributed by atoms with van der Waals surface area (Å²) in [4.78, 5) is 12.1. The Morgan fingerprint density at radius 1 is 1.24 bits per heavy atom. The molecule has 0 radical (unpaired) electrons. The summed E-state index contributed by atoms with van der Waals surface area (Å²) >= 11 is 0. The van der Waals surface area contributed by atoms with E-state index >= 15 is 0 Å². The summed E-state index contributed by atoms with van der Waals surface area (Å²) < 4.78 is 31.9. The first-order valence-corrected chi connectivity index (χ1v) is 9.05. The van der Waals surface area contributed by atoms with Gasteiger partial charge in [0.1, 0.15) is 12.6 Å². The predicted octanol–water partition coefficient (Wildman–Crippen LogP) is 2.28. The Bertz CT molecular complexity index is 899. The average molecular weight is 358 g/mol. The Balaban J connectivity index is 1.97. The fraction of sp³-hybridized carbons (Fsp3) is 0.222. The van der Waals surface area contributed by atoms with E-state index in [0.29, 0.717) is 11.1 Å². The summed E-state index contributed by atoms with van der Waals surface area (Å²) in [6.07, 6.45) is 0. The highest BCUT2D eigenvalue weighted by atomic mass is 32.2. The Morgan fingerprint density at radius 2 is 1.92 bits per heavy atom. The second-order valence-corrected chi connectivity index (χ2v) is 7.29. The first-order valence-electron chi connectivity index (χ1n) is 7.56. The molecule has 0 amide bonds. The van der Waals surface area contributed by atoms with Gasteiger partial charge < -0.3 is 4.74 Å². The van der Waals surface area contributed by atoms with Gasteiger partial charge in [-0.2, -0.15) is 9.98 Å². The zero-order chi connectivity index (χ0) is 18.4. The largest absolute Gasteiger partial charge is 0.460 e. The van der Waals surface area contributed by atoms with Crippen molar-refractivity contribution in [1.82, 2.24) is 4.72 Å². The first-order chi connectivity index (χ1) is 11.8. The van der Waals surface area contributed by atoms with Gasteiger partial charge in [-0.05, 0) is 43.7 Å². The molecule has 2 rings (SSSR count). The fourth-order valence-electron chi connectivity index (χ4n) is 2.08. The molecule has 0 saturated heterocycles. The van der Waals surface area contributed by atoms with Gasteiger partial charge in [-0.1, -0.05) is 29.8 Å². The summed E-state index contributed by atoms with van der Waals surface area (Å²) in [7, 11) is -3.81. The monoisotopic (exact) mass is 358 g/mol. The predicted molar refractivity (Wildman–Crippen MR) is 91.9 cm³/mol. The molecule has 6 nitrogen and oxygen atoms in total. The molecule has 2 aromatic rings. The summed E-state index contributed by atoms with van der Waals surface area (Å²) in [5.74, 6) is -0.696. The Kier molecular flexibility index (Phi) is 5.91. The van der Waals surface area contributed by atoms with E-state index in [0.717, 1.165) is 5.56 Å². The van der Waals surface area contributed by atoms with Gasteiger partial charge in [0.15, 0.2) is 0 Å². The maximum absolute atomic E-state index is 12.3. The topological polar surface area (TPSA) is 96.3 Å². The van der Waals surface area contributed by atoms with Crippen LogP contribution in [-0.4, -0.2) is 20.4 Å². The van der Waals surface area contributed by atoms with E-state index in [1.165, 1.54) is 19.1 Å². The minimum atomic E-state index is -3.81. The van der Waals surface area contributed by atoms with E-state index in [4.69, 9.17) is 10.00 Å². The molecule has 1 atom stereocenters. The lowest BCUT2D eigenvalue weighted by molar-refractivity contribution is -0.146. The van der Waals surface area contributed by atoms with Crippen molar-refractivity contribution in [3.05, 3.63) is 65.2 Å². The van der Waals surface area contributed by atoms with Crippen molar-refractivity contribution in [2.24, 2.45) is 0 Å². The number of nitrogens with zero attached hydrogens (tertiary/aromatic N) is 1. The van der Waals surface area contributed by atoms with Crippen LogP contribution < -0.4 is 4.72 Å². The number of nitrogens with one attached hydrogen (secondary N) is 1. The highest BCUT2D eigenvalue weighted by Crippen LogP contribution is 2.11. The number of hydrogen-bond donors (Lipinski definition) is 1. The lowest BCUT2D eigenvalue weighted by atomic mass is 10.1. The van der Waals surface area contributed by atoms with Crippen molar-refractivity contribution in [3.63, 3.8) is 0 Å². The number of rotatable bonds is 6. The van der Waals surface area contributed by atoms with Crippen LogP contribution in [0.25, 0.3) is 0 Å². The zero-order valence-electron chi connectivity index (χ0n) is 13.9. The number of nitriles is 1. The van der Waals surface area contributed by atoms with Crippen molar-refractivity contribution in [1.29, 1.82) is 5.26 Å². The number of sulfonamides is 1. The van der Waals surface area contributed by atoms with Gasteiger partial charge in [0.05, 0.1) is 16.5 Å². The van der Waals surface area contributed by atoms with E-state index in [1.54, 1.807) is 36.4 Å². The number of carbonyl (C=O) groups is 1. The summed E-state index contributed by atoms with van der Waals surface area (Å²) in [6, 6.07) is 13.9. The molecule has 0 fully saturated rings. The van der Waals surface area contributed by atoms with E-state index in [9.17, 15) is 13.2 Å². The fourth-order valence-corrected chi connectivity index (χ4v) is 3.27. The van der Waals surface area contributed by atoms with Crippen LogP contribution in [0, 0.1) is 18.3 Å². The first kappa shape index (κ1) is 18.6. The van der Waals surface area contributed by atoms with Crippen molar-refractivity contribution in [2.45, 2.75) is 31.4 Å². The average Bonchev–Trinajstić information content (AvgIpc) is 2.59. The third kappa shape index (κ3) is 5.14. The molecule has 0 unspecified atom stereocenters. The normalized spacial score (nSPS) is 12.2. The minimum absolute atomic E-state index is 0.0368. The molecule has 25 heavy (non-hydrogen) atoms. The second-order valence-electron chi connectivity index (χ2n) is 5.58. The number of carbonyl (C=O) groups excluding carboxylic acids is 1. The summed E-state index contributed by atoms with van der Waals surface area (Å²) in [5.41, 5.74) is 2.05. The van der Waals surface area contributed by atoms with E-state index in [2.05, 4.69) is 4.72 Å². The van der Waals surface area contributed by atoms with Crippen LogP contribution in [0.1, 0.15) is 23.6 Å². The number of hydrogen-bond acceptors (Lipinski definition) is 5. The van der Waals surface area contributed by atoms with E-state index < -0.39 is 22.0 Å². The van der Waals surface area contributed by atoms with Gasteiger partial charge in [0, 0.05) is 0 Å². The molecule has 7 heteroatoms. The van der Waals surface area contributed by atoms with Crippen LogP contribution in [-0.2, 0) is 26.2 Å². The SMILES string of the molecule is Cc1ccc(S(=O)(=O)N[C@@H](C)C(=O)OCc2cccc(C#N)c2)cc1. The molecular formula is C18H18N2O4S. The molecule has 0 aliphatic heterocycles. The molecule has 0 spiro atoms. The molecule has 0 heterocycles. The van der Waals surface area contributed by atoms with Crippen LogP contribution in [0.3, 0.4) is 0 Å². The standard InChI is InChI=1S/C18H18N2O4S/c1-13-6-8-17(9-7-13)25(22,23)20-14(2)18(21)24-12-16-5-3-4-15(10-16)11-19/h3-10,14,20H,12H2,1-2H3/t14-/m0/s1. The highest BCUT2D eigenvalue weighted by Gasteiger charge is 2.23. The Morgan fingerprint density at radius 3 is 2.56 bits per heavy atom. The Labute approximate surface area is 147 Å². The smallest absolute Gasteiger partial charge is 0.324 e. The number of benzene rings is 2. The van der Waals surface area contributed by atoms with E-state index in [1.807, 2.05) is 13.0 Å². The van der Waals surface area contributed by atoms with Crippen molar-refractivity contribution in [2.75, 3.05) is 0 Å². The molecule has 1 N–H and O–H groups in total. The van der Waals surface area contributed by atoms with Crippen LogP contribution in [0.2, 0.25) is 0 Å². The lowest BCUT2D eigenvalue weighted by Gasteiger charge is -2.14. The lowest BCUT2D eigenvalue weighted by Crippen LogP contribution is -2.39. The summed E-state index contributed by atoms with van der Waals surface area (Å²) in [5, 5.41) is 8.85. The van der Waals surface area contributed by atoms with Crippen LogP contribution in [0.15, 0.2) is 53.4 Å². The van der Waals surface area contributed by atoms with Gasteiger partial charge in [-0.25, -0.2) is 8.42 Å². The highest BCUT2D eigenvalue weighted by molar-refractivity contribution is 7.89. The molecule has 0 bridgehead atoms.